The highest BCUT2D eigenvalue weighted by atomic mass is 19.4. The van der Waals surface area contributed by atoms with Gasteiger partial charge in [0.2, 0.25) is 0 Å². The lowest BCUT2D eigenvalue weighted by atomic mass is 9.97. The van der Waals surface area contributed by atoms with Crippen LogP contribution in [0.1, 0.15) is 40.0 Å². The van der Waals surface area contributed by atoms with Crippen LogP contribution in [-0.2, 0) is 6.18 Å². The molecule has 0 amide bonds. The molecule has 0 radical (unpaired) electrons. The molecule has 0 fully saturated rings. The molecule has 0 spiro atoms. The van der Waals surface area contributed by atoms with Crippen LogP contribution in [-0.4, -0.2) is 31.3 Å². The van der Waals surface area contributed by atoms with E-state index in [4.69, 9.17) is 9.47 Å². The zero-order valence-electron chi connectivity index (χ0n) is 19.7. The van der Waals surface area contributed by atoms with Crippen molar-refractivity contribution in [1.29, 1.82) is 0 Å². The number of alkyl halides is 3. The number of benzene rings is 3. The fourth-order valence-electron chi connectivity index (χ4n) is 3.59. The molecule has 0 saturated heterocycles. The molecule has 3 aromatic rings. The van der Waals surface area contributed by atoms with Crippen molar-refractivity contribution in [2.45, 2.75) is 26.1 Å². The first-order valence-electron chi connectivity index (χ1n) is 10.9. The molecular weight excluding hydrogens is 485 g/mol. The molecule has 36 heavy (non-hydrogen) atoms. The first-order valence-corrected chi connectivity index (χ1v) is 10.9. The number of methoxy groups -OCH3 is 1. The zero-order valence-corrected chi connectivity index (χ0v) is 19.7. The van der Waals surface area contributed by atoms with Crippen molar-refractivity contribution in [2.24, 2.45) is 0 Å². The predicted molar refractivity (Wildman–Crippen MR) is 123 cm³/mol. The Balaban J connectivity index is 1.79. The Hall–Kier alpha value is -3.66. The van der Waals surface area contributed by atoms with E-state index in [1.165, 1.54) is 32.2 Å². The van der Waals surface area contributed by atoms with Crippen molar-refractivity contribution in [3.05, 3.63) is 82.4 Å². The number of hydrogen-bond donors (Lipinski definition) is 2. The van der Waals surface area contributed by atoms with Gasteiger partial charge in [-0.2, -0.15) is 13.2 Å². The maximum Gasteiger partial charge on any atom is 0.416 e. The average molecular weight is 509 g/mol. The third kappa shape index (κ3) is 6.51. The molecule has 10 heteroatoms. The largest absolute Gasteiger partial charge is 0.497 e. The molecule has 5 nitrogen and oxygen atoms in total. The maximum atomic E-state index is 14.3. The van der Waals surface area contributed by atoms with Crippen LogP contribution in [0.3, 0.4) is 0 Å². The summed E-state index contributed by atoms with van der Waals surface area (Å²) in [6.45, 7) is 3.24. The molecule has 3 aromatic carbocycles. The van der Waals surface area contributed by atoms with Gasteiger partial charge in [0.15, 0.2) is 0 Å². The van der Waals surface area contributed by atoms with Gasteiger partial charge >= 0.3 is 12.1 Å². The summed E-state index contributed by atoms with van der Waals surface area (Å²) in [7, 11) is 1.42. The molecule has 0 aliphatic heterocycles. The van der Waals surface area contributed by atoms with E-state index >= 15 is 0 Å². The van der Waals surface area contributed by atoms with Gasteiger partial charge in [-0.25, -0.2) is 13.6 Å². The molecule has 1 atom stereocenters. The molecule has 0 aliphatic rings. The molecule has 192 valence electrons. The van der Waals surface area contributed by atoms with Gasteiger partial charge in [-0.3, -0.25) is 0 Å². The smallest absolute Gasteiger partial charge is 0.416 e. The molecule has 0 aliphatic carbocycles. The summed E-state index contributed by atoms with van der Waals surface area (Å²) in [4.78, 5) is 11.4. The van der Waals surface area contributed by atoms with Gasteiger partial charge in [-0.05, 0) is 78.6 Å². The second kappa shape index (κ2) is 10.9. The maximum absolute atomic E-state index is 14.3. The fourth-order valence-corrected chi connectivity index (χ4v) is 3.59. The minimum atomic E-state index is -4.71. The predicted octanol–water partition coefficient (Wildman–Crippen LogP) is 6.40. The number of rotatable bonds is 9. The Morgan fingerprint density at radius 1 is 1.00 bits per heavy atom. The van der Waals surface area contributed by atoms with Crippen molar-refractivity contribution >= 4 is 5.97 Å². The number of nitrogens with one attached hydrogen (secondary N) is 1. The van der Waals surface area contributed by atoms with Crippen LogP contribution in [0.5, 0.6) is 11.5 Å². The van der Waals surface area contributed by atoms with E-state index < -0.39 is 29.3 Å². The van der Waals surface area contributed by atoms with Crippen molar-refractivity contribution in [3.63, 3.8) is 0 Å². The SMILES string of the molecule is COc1cc(F)cc([C@@H](C)NCCOc2cc(-c3cc(F)c(C)c(C(=O)O)c3)cc(C(F)(F)F)c2)c1. The molecule has 0 unspecified atom stereocenters. The highest BCUT2D eigenvalue weighted by Gasteiger charge is 2.32. The van der Waals surface area contributed by atoms with Gasteiger partial charge < -0.3 is 19.9 Å². The van der Waals surface area contributed by atoms with E-state index in [-0.39, 0.29) is 47.2 Å². The van der Waals surface area contributed by atoms with E-state index in [0.717, 1.165) is 24.3 Å². The standard InChI is InChI=1S/C26H24F5NO4/c1-14-23(25(33)34)10-18(11-24(14)28)17-6-19(26(29,30)31)12-22(9-17)36-5-4-32-15(2)16-7-20(27)13-21(8-16)35-3/h6-13,15,32H,4-5H2,1-3H3,(H,33,34)/t15-/m1/s1. The van der Waals surface area contributed by atoms with Crippen LogP contribution >= 0.6 is 0 Å². The quantitative estimate of drug-likeness (QED) is 0.258. The van der Waals surface area contributed by atoms with Crippen LogP contribution in [0.4, 0.5) is 22.0 Å². The summed E-state index contributed by atoms with van der Waals surface area (Å²) in [6.07, 6.45) is -4.71. The monoisotopic (exact) mass is 509 g/mol. The minimum Gasteiger partial charge on any atom is -0.497 e. The van der Waals surface area contributed by atoms with E-state index in [2.05, 4.69) is 5.32 Å². The fraction of sp³-hybridized carbons (Fsp3) is 0.269. The number of carboxylic acid groups (broad SMARTS) is 1. The van der Waals surface area contributed by atoms with Gasteiger partial charge in [-0.1, -0.05) is 0 Å². The summed E-state index contributed by atoms with van der Waals surface area (Å²) in [5.74, 6) is -2.49. The minimum absolute atomic E-state index is 0.0276. The summed E-state index contributed by atoms with van der Waals surface area (Å²) >= 11 is 0. The molecule has 0 saturated carbocycles. The number of carboxylic acids is 1. The first kappa shape index (κ1) is 26.9. The van der Waals surface area contributed by atoms with Gasteiger partial charge in [0.25, 0.3) is 0 Å². The molecule has 2 N–H and O–H groups in total. The van der Waals surface area contributed by atoms with Crippen LogP contribution in [0.15, 0.2) is 48.5 Å². The summed E-state index contributed by atoms with van der Waals surface area (Å²) in [6, 6.07) is 8.94. The average Bonchev–Trinajstić information content (AvgIpc) is 2.81. The number of ether oxygens (including phenoxy) is 2. The second-order valence-corrected chi connectivity index (χ2v) is 8.13. The normalized spacial score (nSPS) is 12.3. The van der Waals surface area contributed by atoms with E-state index in [1.807, 2.05) is 0 Å². The molecule has 3 rings (SSSR count). The number of hydrogen-bond acceptors (Lipinski definition) is 4. The topological polar surface area (TPSA) is 67.8 Å². The Morgan fingerprint density at radius 3 is 2.33 bits per heavy atom. The lowest BCUT2D eigenvalue weighted by Crippen LogP contribution is -2.24. The highest BCUT2D eigenvalue weighted by molar-refractivity contribution is 5.91. The van der Waals surface area contributed by atoms with E-state index in [1.54, 1.807) is 13.0 Å². The van der Waals surface area contributed by atoms with Crippen LogP contribution in [0, 0.1) is 18.6 Å². The van der Waals surface area contributed by atoms with Gasteiger partial charge in [0.05, 0.1) is 18.2 Å². The zero-order chi connectivity index (χ0) is 26.6. The summed E-state index contributed by atoms with van der Waals surface area (Å²) in [5.41, 5.74) is -0.958. The van der Waals surface area contributed by atoms with Crippen molar-refractivity contribution in [2.75, 3.05) is 20.3 Å². The van der Waals surface area contributed by atoms with Crippen LogP contribution in [0.25, 0.3) is 11.1 Å². The van der Waals surface area contributed by atoms with Crippen LogP contribution < -0.4 is 14.8 Å². The summed E-state index contributed by atoms with van der Waals surface area (Å²) < 4.78 is 79.1. The third-order valence-electron chi connectivity index (χ3n) is 5.59. The Kier molecular flexibility index (Phi) is 8.19. The second-order valence-electron chi connectivity index (χ2n) is 8.13. The third-order valence-corrected chi connectivity index (χ3v) is 5.59. The Morgan fingerprint density at radius 2 is 1.69 bits per heavy atom. The van der Waals surface area contributed by atoms with Crippen molar-refractivity contribution < 1.29 is 41.3 Å². The van der Waals surface area contributed by atoms with E-state index in [0.29, 0.717) is 11.3 Å². The van der Waals surface area contributed by atoms with Gasteiger partial charge in [-0.15, -0.1) is 0 Å². The molecule has 0 heterocycles. The number of halogens is 5. The number of aromatic carboxylic acids is 1. The van der Waals surface area contributed by atoms with Gasteiger partial charge in [0.1, 0.15) is 29.7 Å². The van der Waals surface area contributed by atoms with Crippen LogP contribution in [0.2, 0.25) is 0 Å². The number of carbonyl (C=O) groups is 1. The highest BCUT2D eigenvalue weighted by Crippen LogP contribution is 2.36. The van der Waals surface area contributed by atoms with Crippen molar-refractivity contribution in [1.82, 2.24) is 5.32 Å². The first-order chi connectivity index (χ1) is 16.9. The Bertz CT molecular complexity index is 1260. The molecular formula is C26H24F5NO4. The lowest BCUT2D eigenvalue weighted by molar-refractivity contribution is -0.137. The van der Waals surface area contributed by atoms with E-state index in [9.17, 15) is 31.9 Å². The summed E-state index contributed by atoms with van der Waals surface area (Å²) in [5, 5.41) is 12.4. The van der Waals surface area contributed by atoms with Crippen molar-refractivity contribution in [3.8, 4) is 22.6 Å². The molecule has 0 aromatic heterocycles. The molecule has 0 bridgehead atoms. The van der Waals surface area contributed by atoms with Gasteiger partial charge in [0, 0.05) is 18.7 Å². The Labute approximate surface area is 204 Å². The lowest BCUT2D eigenvalue weighted by Gasteiger charge is -2.17.